The fraction of sp³-hybridized carbons (Fsp3) is 0.800. The van der Waals surface area contributed by atoms with Gasteiger partial charge in [0, 0.05) is 16.5 Å². The lowest BCUT2D eigenvalue weighted by atomic mass is 9.87. The van der Waals surface area contributed by atoms with E-state index in [-0.39, 0.29) is 28.4 Å². The quantitative estimate of drug-likeness (QED) is 0.801. The van der Waals surface area contributed by atoms with Gasteiger partial charge in [0.1, 0.15) is 0 Å². The van der Waals surface area contributed by atoms with Gasteiger partial charge in [-0.25, -0.2) is 8.42 Å². The van der Waals surface area contributed by atoms with Crippen LogP contribution < -0.4 is 0 Å². The molecule has 114 valence electrons. The van der Waals surface area contributed by atoms with Gasteiger partial charge in [-0.1, -0.05) is 41.5 Å². The molecule has 1 saturated heterocycles. The first-order valence-electron chi connectivity index (χ1n) is 7.21. The lowest BCUT2D eigenvalue weighted by molar-refractivity contribution is 0.422. The molecule has 0 saturated carbocycles. The Labute approximate surface area is 122 Å². The zero-order valence-corrected chi connectivity index (χ0v) is 14.2. The molecular formula is C15H26N2O2S. The highest BCUT2D eigenvalue weighted by Crippen LogP contribution is 2.33. The average Bonchev–Trinajstić information content (AvgIpc) is 2.78. The monoisotopic (exact) mass is 298 g/mol. The van der Waals surface area contributed by atoms with Gasteiger partial charge in [0.15, 0.2) is 9.84 Å². The van der Waals surface area contributed by atoms with Crippen LogP contribution in [0.1, 0.15) is 65.4 Å². The largest absolute Gasteiger partial charge is 0.265 e. The zero-order chi connectivity index (χ0) is 15.3. The normalized spacial score (nSPS) is 23.2. The third kappa shape index (κ3) is 3.08. The Hall–Kier alpha value is -0.840. The molecule has 5 heteroatoms. The highest BCUT2D eigenvalue weighted by Gasteiger charge is 2.34. The molecule has 20 heavy (non-hydrogen) atoms. The van der Waals surface area contributed by atoms with Crippen molar-refractivity contribution in [3.63, 3.8) is 0 Å². The van der Waals surface area contributed by atoms with E-state index in [4.69, 9.17) is 5.10 Å². The number of rotatable bonds is 1. The number of aromatic nitrogens is 2. The minimum Gasteiger partial charge on any atom is -0.265 e. The van der Waals surface area contributed by atoms with Gasteiger partial charge in [-0.15, -0.1) is 0 Å². The highest BCUT2D eigenvalue weighted by atomic mass is 32.2. The number of sulfone groups is 1. The molecule has 0 bridgehead atoms. The van der Waals surface area contributed by atoms with Gasteiger partial charge in [-0.05, 0) is 12.5 Å². The van der Waals surface area contributed by atoms with Crippen molar-refractivity contribution in [3.8, 4) is 0 Å². The molecule has 1 aliphatic rings. The van der Waals surface area contributed by atoms with E-state index in [0.717, 1.165) is 11.4 Å². The van der Waals surface area contributed by atoms with Crippen LogP contribution in [-0.2, 0) is 20.7 Å². The van der Waals surface area contributed by atoms with Gasteiger partial charge in [0.2, 0.25) is 0 Å². The summed E-state index contributed by atoms with van der Waals surface area (Å²) < 4.78 is 25.5. The van der Waals surface area contributed by atoms with Crippen LogP contribution in [0.15, 0.2) is 6.07 Å². The van der Waals surface area contributed by atoms with Crippen LogP contribution in [0, 0.1) is 0 Å². The van der Waals surface area contributed by atoms with E-state index in [1.165, 1.54) is 0 Å². The number of hydrogen-bond acceptors (Lipinski definition) is 3. The summed E-state index contributed by atoms with van der Waals surface area (Å²) in [6.45, 7) is 12.9. The van der Waals surface area contributed by atoms with Crippen molar-refractivity contribution < 1.29 is 8.42 Å². The van der Waals surface area contributed by atoms with E-state index < -0.39 is 9.84 Å². The second kappa shape index (κ2) is 4.58. The molecule has 4 nitrogen and oxygen atoms in total. The Bertz CT molecular complexity index is 601. The van der Waals surface area contributed by atoms with Crippen molar-refractivity contribution in [1.82, 2.24) is 9.78 Å². The average molecular weight is 298 g/mol. The van der Waals surface area contributed by atoms with E-state index in [1.807, 2.05) is 4.68 Å². The first-order chi connectivity index (χ1) is 8.90. The zero-order valence-electron chi connectivity index (χ0n) is 13.4. The number of hydrogen-bond donors (Lipinski definition) is 0. The van der Waals surface area contributed by atoms with Crippen molar-refractivity contribution in [1.29, 1.82) is 0 Å². The summed E-state index contributed by atoms with van der Waals surface area (Å²) in [4.78, 5) is 0. The van der Waals surface area contributed by atoms with Gasteiger partial charge in [-0.2, -0.15) is 5.10 Å². The SMILES string of the molecule is CC(C)(C)c1cc(C(C)(C)C)n(C2CCS(=O)(=O)C2)n1. The Balaban J connectivity index is 2.49. The molecule has 1 aromatic rings. The smallest absolute Gasteiger partial charge is 0.152 e. The van der Waals surface area contributed by atoms with E-state index >= 15 is 0 Å². The van der Waals surface area contributed by atoms with Gasteiger partial charge in [0.05, 0.1) is 23.2 Å². The molecule has 0 amide bonds. The summed E-state index contributed by atoms with van der Waals surface area (Å²) in [5.41, 5.74) is 2.10. The second-order valence-electron chi connectivity index (χ2n) is 7.92. The maximum absolute atomic E-state index is 11.7. The Kier molecular flexibility index (Phi) is 3.56. The van der Waals surface area contributed by atoms with Crippen LogP contribution in [0.25, 0.3) is 0 Å². The van der Waals surface area contributed by atoms with Crippen LogP contribution in [-0.4, -0.2) is 29.7 Å². The topological polar surface area (TPSA) is 52.0 Å². The third-order valence-corrected chi connectivity index (χ3v) is 5.58. The predicted molar refractivity (Wildman–Crippen MR) is 81.9 cm³/mol. The summed E-state index contributed by atoms with van der Waals surface area (Å²) >= 11 is 0. The lowest BCUT2D eigenvalue weighted by Gasteiger charge is -2.23. The Morgan fingerprint density at radius 1 is 1.15 bits per heavy atom. The van der Waals surface area contributed by atoms with Crippen molar-refractivity contribution in [2.45, 2.75) is 64.8 Å². The Morgan fingerprint density at radius 2 is 1.75 bits per heavy atom. The lowest BCUT2D eigenvalue weighted by Crippen LogP contribution is -2.23. The summed E-state index contributed by atoms with van der Waals surface area (Å²) in [6, 6.07) is 2.13. The van der Waals surface area contributed by atoms with Crippen molar-refractivity contribution >= 4 is 9.84 Å². The first kappa shape index (κ1) is 15.5. The maximum atomic E-state index is 11.7. The molecule has 1 aromatic heterocycles. The third-order valence-electron chi connectivity index (χ3n) is 3.83. The maximum Gasteiger partial charge on any atom is 0.152 e. The minimum absolute atomic E-state index is 0.00896. The van der Waals surface area contributed by atoms with Crippen LogP contribution in [0.4, 0.5) is 0 Å². The molecule has 1 atom stereocenters. The van der Waals surface area contributed by atoms with Gasteiger partial charge in [0.25, 0.3) is 0 Å². The van der Waals surface area contributed by atoms with Gasteiger partial charge >= 0.3 is 0 Å². The standard InChI is InChI=1S/C15H26N2O2S/c1-14(2,3)12-9-13(15(4,5)6)17(16-12)11-7-8-20(18,19)10-11/h9,11H,7-8,10H2,1-6H3. The molecule has 1 unspecified atom stereocenters. The molecule has 0 radical (unpaired) electrons. The molecular weight excluding hydrogens is 272 g/mol. The summed E-state index contributed by atoms with van der Waals surface area (Å²) in [5, 5.41) is 4.75. The predicted octanol–water partition coefficient (Wildman–Crippen LogP) is 2.84. The molecule has 0 aromatic carbocycles. The fourth-order valence-electron chi connectivity index (χ4n) is 2.57. The molecule has 1 fully saturated rings. The van der Waals surface area contributed by atoms with Crippen molar-refractivity contribution in [2.75, 3.05) is 11.5 Å². The molecule has 1 aliphatic heterocycles. The van der Waals surface area contributed by atoms with Crippen molar-refractivity contribution in [3.05, 3.63) is 17.5 Å². The molecule has 0 N–H and O–H groups in total. The van der Waals surface area contributed by atoms with E-state index in [1.54, 1.807) is 0 Å². The van der Waals surface area contributed by atoms with Gasteiger partial charge < -0.3 is 0 Å². The summed E-state index contributed by atoms with van der Waals surface area (Å²) in [7, 11) is -2.89. The van der Waals surface area contributed by atoms with E-state index in [9.17, 15) is 8.42 Å². The van der Waals surface area contributed by atoms with E-state index in [0.29, 0.717) is 6.42 Å². The molecule has 2 rings (SSSR count). The minimum atomic E-state index is -2.89. The summed E-state index contributed by atoms with van der Waals surface area (Å²) in [5.74, 6) is 0.507. The summed E-state index contributed by atoms with van der Waals surface area (Å²) in [6.07, 6.45) is 0.677. The fourth-order valence-corrected chi connectivity index (χ4v) is 4.26. The van der Waals surface area contributed by atoms with Crippen LogP contribution in [0.5, 0.6) is 0 Å². The second-order valence-corrected chi connectivity index (χ2v) is 10.1. The van der Waals surface area contributed by atoms with Gasteiger partial charge in [-0.3, -0.25) is 4.68 Å². The van der Waals surface area contributed by atoms with E-state index in [2.05, 4.69) is 47.6 Å². The number of nitrogens with zero attached hydrogens (tertiary/aromatic N) is 2. The van der Waals surface area contributed by atoms with Crippen LogP contribution in [0.3, 0.4) is 0 Å². The first-order valence-corrected chi connectivity index (χ1v) is 9.03. The molecule has 0 spiro atoms. The molecule has 0 aliphatic carbocycles. The Morgan fingerprint density at radius 3 is 2.15 bits per heavy atom. The highest BCUT2D eigenvalue weighted by molar-refractivity contribution is 7.91. The van der Waals surface area contributed by atoms with Crippen LogP contribution in [0.2, 0.25) is 0 Å². The van der Waals surface area contributed by atoms with Crippen molar-refractivity contribution in [2.24, 2.45) is 0 Å². The van der Waals surface area contributed by atoms with Crippen LogP contribution >= 0.6 is 0 Å². The molecule has 2 heterocycles.